The van der Waals surface area contributed by atoms with Gasteiger partial charge in [-0.05, 0) is 13.3 Å². The topological polar surface area (TPSA) is 114 Å². The largest absolute Gasteiger partial charge is 0.391 e. The van der Waals surface area contributed by atoms with Crippen molar-refractivity contribution in [1.82, 2.24) is 9.55 Å². The SMILES string of the molecule is CCCCCCC(C(C)O)n1cnc(C(=N)N)c1N. The average molecular weight is 267 g/mol. The molecule has 0 amide bonds. The van der Waals surface area contributed by atoms with Gasteiger partial charge in [0.05, 0.1) is 18.5 Å². The molecule has 19 heavy (non-hydrogen) atoms. The van der Waals surface area contributed by atoms with Gasteiger partial charge in [0.15, 0.2) is 0 Å². The van der Waals surface area contributed by atoms with Crippen LogP contribution in [0.1, 0.15) is 57.7 Å². The molecule has 1 aromatic rings. The molecule has 108 valence electrons. The molecule has 1 aromatic heterocycles. The zero-order valence-electron chi connectivity index (χ0n) is 11.8. The number of aromatic nitrogens is 2. The average Bonchev–Trinajstić information content (AvgIpc) is 2.71. The fourth-order valence-electron chi connectivity index (χ4n) is 2.24. The van der Waals surface area contributed by atoms with Crippen LogP contribution >= 0.6 is 0 Å². The molecule has 2 atom stereocenters. The van der Waals surface area contributed by atoms with E-state index in [2.05, 4.69) is 11.9 Å². The minimum Gasteiger partial charge on any atom is -0.391 e. The maximum atomic E-state index is 9.91. The van der Waals surface area contributed by atoms with Gasteiger partial charge < -0.3 is 21.1 Å². The number of aliphatic hydroxyl groups is 1. The van der Waals surface area contributed by atoms with Crippen molar-refractivity contribution in [3.63, 3.8) is 0 Å². The van der Waals surface area contributed by atoms with E-state index in [1.54, 1.807) is 17.8 Å². The van der Waals surface area contributed by atoms with Gasteiger partial charge >= 0.3 is 0 Å². The predicted octanol–water partition coefficient (Wildman–Crippen LogP) is 1.64. The molecule has 6 N–H and O–H groups in total. The highest BCUT2D eigenvalue weighted by Crippen LogP contribution is 2.24. The van der Waals surface area contributed by atoms with Crippen LogP contribution in [0.25, 0.3) is 0 Å². The van der Waals surface area contributed by atoms with Crippen molar-refractivity contribution in [2.45, 2.75) is 58.1 Å². The van der Waals surface area contributed by atoms with Crippen LogP contribution in [0.15, 0.2) is 6.33 Å². The molecule has 0 aliphatic heterocycles. The monoisotopic (exact) mass is 267 g/mol. The zero-order valence-corrected chi connectivity index (χ0v) is 11.8. The minimum absolute atomic E-state index is 0.113. The molecule has 0 fully saturated rings. The van der Waals surface area contributed by atoms with Crippen LogP contribution in [0.4, 0.5) is 5.82 Å². The number of nitrogen functional groups attached to an aromatic ring is 2. The summed E-state index contributed by atoms with van der Waals surface area (Å²) in [6.07, 6.45) is 6.45. The number of nitrogens with two attached hydrogens (primary N) is 2. The maximum absolute atomic E-state index is 9.91. The summed E-state index contributed by atoms with van der Waals surface area (Å²) in [6, 6.07) is -0.113. The van der Waals surface area contributed by atoms with Gasteiger partial charge in [0.25, 0.3) is 0 Å². The Balaban J connectivity index is 2.79. The Hall–Kier alpha value is -1.56. The Morgan fingerprint density at radius 1 is 1.47 bits per heavy atom. The van der Waals surface area contributed by atoms with Crippen LogP contribution < -0.4 is 11.5 Å². The lowest BCUT2D eigenvalue weighted by Gasteiger charge is -2.22. The molecular weight excluding hydrogens is 242 g/mol. The summed E-state index contributed by atoms with van der Waals surface area (Å²) in [6.45, 7) is 3.91. The molecule has 6 nitrogen and oxygen atoms in total. The lowest BCUT2D eigenvalue weighted by Crippen LogP contribution is -2.23. The van der Waals surface area contributed by atoms with E-state index in [1.807, 2.05) is 0 Å². The zero-order chi connectivity index (χ0) is 14.4. The van der Waals surface area contributed by atoms with Gasteiger partial charge in [0.2, 0.25) is 0 Å². The lowest BCUT2D eigenvalue weighted by molar-refractivity contribution is 0.124. The second-order valence-electron chi connectivity index (χ2n) is 4.96. The number of hydrogen-bond donors (Lipinski definition) is 4. The van der Waals surface area contributed by atoms with Crippen LogP contribution in [-0.2, 0) is 0 Å². The molecule has 1 rings (SSSR count). The molecule has 0 radical (unpaired) electrons. The number of rotatable bonds is 8. The van der Waals surface area contributed by atoms with Gasteiger partial charge in [-0.1, -0.05) is 32.6 Å². The van der Waals surface area contributed by atoms with E-state index in [9.17, 15) is 5.11 Å². The Morgan fingerprint density at radius 3 is 2.63 bits per heavy atom. The summed E-state index contributed by atoms with van der Waals surface area (Å²) >= 11 is 0. The van der Waals surface area contributed by atoms with Crippen molar-refractivity contribution in [3.8, 4) is 0 Å². The molecule has 0 saturated carbocycles. The van der Waals surface area contributed by atoms with Crippen LogP contribution in [0, 0.1) is 5.41 Å². The molecular formula is C13H25N5O. The lowest BCUT2D eigenvalue weighted by atomic mass is 10.0. The highest BCUT2D eigenvalue weighted by atomic mass is 16.3. The van der Waals surface area contributed by atoms with Crippen LogP contribution in [-0.4, -0.2) is 26.6 Å². The third kappa shape index (κ3) is 3.96. The second kappa shape index (κ2) is 7.13. The van der Waals surface area contributed by atoms with Gasteiger partial charge in [0, 0.05) is 0 Å². The van der Waals surface area contributed by atoms with Crippen molar-refractivity contribution in [2.24, 2.45) is 5.73 Å². The number of unbranched alkanes of at least 4 members (excludes halogenated alkanes) is 3. The first-order chi connectivity index (χ1) is 8.99. The fraction of sp³-hybridized carbons (Fsp3) is 0.692. The van der Waals surface area contributed by atoms with Crippen LogP contribution in [0.3, 0.4) is 0 Å². The molecule has 0 aliphatic carbocycles. The van der Waals surface area contributed by atoms with E-state index in [-0.39, 0.29) is 11.9 Å². The predicted molar refractivity (Wildman–Crippen MR) is 77.1 cm³/mol. The standard InChI is InChI=1S/C13H25N5O/c1-3-4-5-6-7-10(9(2)19)18-8-17-11(12(14)15)13(18)16/h8-10,19H,3-7,16H2,1-2H3,(H3,14,15). The summed E-state index contributed by atoms with van der Waals surface area (Å²) in [5, 5.41) is 17.3. The summed E-state index contributed by atoms with van der Waals surface area (Å²) in [5.74, 6) is 0.209. The highest BCUT2D eigenvalue weighted by Gasteiger charge is 2.21. The van der Waals surface area contributed by atoms with Crippen molar-refractivity contribution in [3.05, 3.63) is 12.0 Å². The van der Waals surface area contributed by atoms with Gasteiger partial charge in [0.1, 0.15) is 17.3 Å². The van der Waals surface area contributed by atoms with Gasteiger partial charge in [-0.2, -0.15) is 0 Å². The van der Waals surface area contributed by atoms with Crippen molar-refractivity contribution >= 4 is 11.7 Å². The van der Waals surface area contributed by atoms with Crippen molar-refractivity contribution < 1.29 is 5.11 Å². The summed E-state index contributed by atoms with van der Waals surface area (Å²) < 4.78 is 1.73. The van der Waals surface area contributed by atoms with E-state index < -0.39 is 6.10 Å². The molecule has 0 spiro atoms. The van der Waals surface area contributed by atoms with Gasteiger partial charge in [-0.15, -0.1) is 0 Å². The van der Waals surface area contributed by atoms with Crippen LogP contribution in [0.2, 0.25) is 0 Å². The highest BCUT2D eigenvalue weighted by molar-refractivity contribution is 5.97. The van der Waals surface area contributed by atoms with Crippen molar-refractivity contribution in [1.29, 1.82) is 5.41 Å². The first-order valence-electron chi connectivity index (χ1n) is 6.83. The minimum atomic E-state index is -0.516. The first-order valence-corrected chi connectivity index (χ1v) is 6.83. The number of nitrogens with one attached hydrogen (secondary N) is 1. The van der Waals surface area contributed by atoms with E-state index in [0.29, 0.717) is 11.5 Å². The Morgan fingerprint density at radius 2 is 2.16 bits per heavy atom. The molecule has 2 unspecified atom stereocenters. The third-order valence-corrected chi connectivity index (χ3v) is 3.35. The Kier molecular flexibility index (Phi) is 5.82. The van der Waals surface area contributed by atoms with Crippen molar-refractivity contribution in [2.75, 3.05) is 5.73 Å². The van der Waals surface area contributed by atoms with Gasteiger partial charge in [-0.25, -0.2) is 4.98 Å². The summed E-state index contributed by atoms with van der Waals surface area (Å²) in [7, 11) is 0. The number of imidazole rings is 1. The van der Waals surface area contributed by atoms with E-state index in [0.717, 1.165) is 19.3 Å². The third-order valence-electron chi connectivity index (χ3n) is 3.35. The number of amidine groups is 1. The molecule has 6 heteroatoms. The van der Waals surface area contributed by atoms with Crippen LogP contribution in [0.5, 0.6) is 0 Å². The fourth-order valence-corrected chi connectivity index (χ4v) is 2.24. The normalized spacial score (nSPS) is 14.3. The van der Waals surface area contributed by atoms with E-state index in [1.165, 1.54) is 12.8 Å². The Bertz CT molecular complexity index is 413. The summed E-state index contributed by atoms with van der Waals surface area (Å²) in [5.41, 5.74) is 11.6. The molecule has 0 bridgehead atoms. The number of aliphatic hydroxyl groups excluding tert-OH is 1. The molecule has 0 saturated heterocycles. The Labute approximate surface area is 114 Å². The summed E-state index contributed by atoms with van der Waals surface area (Å²) in [4.78, 5) is 4.04. The molecule has 0 aromatic carbocycles. The maximum Gasteiger partial charge on any atom is 0.146 e. The van der Waals surface area contributed by atoms with E-state index >= 15 is 0 Å². The van der Waals surface area contributed by atoms with E-state index in [4.69, 9.17) is 16.9 Å². The number of hydrogen-bond acceptors (Lipinski definition) is 4. The second-order valence-corrected chi connectivity index (χ2v) is 4.96. The van der Waals surface area contributed by atoms with Gasteiger partial charge in [-0.3, -0.25) is 5.41 Å². The molecule has 1 heterocycles. The number of anilines is 1. The molecule has 0 aliphatic rings. The first kappa shape index (κ1) is 15.5. The smallest absolute Gasteiger partial charge is 0.146 e. The quantitative estimate of drug-likeness (QED) is 0.325. The number of nitrogens with zero attached hydrogens (tertiary/aromatic N) is 2.